The lowest BCUT2D eigenvalue weighted by atomic mass is 10.3. The summed E-state index contributed by atoms with van der Waals surface area (Å²) < 4.78 is 25.9. The molecule has 4 nitrogen and oxygen atoms in total. The summed E-state index contributed by atoms with van der Waals surface area (Å²) in [5, 5.41) is 0.789. The zero-order chi connectivity index (χ0) is 13.2. The Morgan fingerprint density at radius 1 is 1.39 bits per heavy atom. The van der Waals surface area contributed by atoms with Gasteiger partial charge in [0.05, 0.1) is 22.5 Å². The maximum Gasteiger partial charge on any atom is 0.215 e. The molecule has 18 heavy (non-hydrogen) atoms. The monoisotopic (exact) mass is 304 g/mol. The fourth-order valence-electron chi connectivity index (χ4n) is 1.53. The van der Waals surface area contributed by atoms with Gasteiger partial charge in [-0.1, -0.05) is 12.1 Å². The first-order valence-electron chi connectivity index (χ1n) is 5.37. The van der Waals surface area contributed by atoms with Crippen LogP contribution in [0.5, 0.6) is 0 Å². The van der Waals surface area contributed by atoms with E-state index in [0.29, 0.717) is 6.54 Å². The first-order valence-corrected chi connectivity index (χ1v) is 8.33. The van der Waals surface area contributed by atoms with Crippen molar-refractivity contribution in [1.29, 1.82) is 0 Å². The van der Waals surface area contributed by atoms with E-state index in [9.17, 15) is 8.42 Å². The average Bonchev–Trinajstić information content (AvgIpc) is 2.70. The average molecular weight is 305 g/mol. The molecule has 0 saturated heterocycles. The number of rotatable bonds is 5. The van der Waals surface area contributed by atoms with E-state index >= 15 is 0 Å². The van der Waals surface area contributed by atoms with Gasteiger partial charge in [0.2, 0.25) is 10.0 Å². The number of para-hydroxylation sites is 1. The number of alkyl halides is 1. The van der Waals surface area contributed by atoms with Gasteiger partial charge in [-0.15, -0.1) is 22.9 Å². The van der Waals surface area contributed by atoms with Gasteiger partial charge >= 0.3 is 0 Å². The number of benzene rings is 1. The molecule has 0 aliphatic rings. The lowest BCUT2D eigenvalue weighted by molar-refractivity contribution is 0.467. The second kappa shape index (κ2) is 5.52. The molecule has 0 aliphatic heterocycles. The van der Waals surface area contributed by atoms with Crippen LogP contribution in [0.25, 0.3) is 10.2 Å². The molecule has 0 radical (unpaired) electrons. The molecule has 0 atom stereocenters. The molecule has 1 aromatic heterocycles. The number of aromatic nitrogens is 1. The van der Waals surface area contributed by atoms with E-state index in [2.05, 4.69) is 4.98 Å². The minimum absolute atomic E-state index is 0.0457. The smallest absolute Gasteiger partial charge is 0.215 e. The summed E-state index contributed by atoms with van der Waals surface area (Å²) in [6.07, 6.45) is 0. The zero-order valence-corrected chi connectivity index (χ0v) is 12.2. The van der Waals surface area contributed by atoms with Crippen molar-refractivity contribution in [3.05, 3.63) is 29.3 Å². The van der Waals surface area contributed by atoms with Gasteiger partial charge in [0.15, 0.2) is 0 Å². The molecule has 98 valence electrons. The van der Waals surface area contributed by atoms with Crippen LogP contribution >= 0.6 is 22.9 Å². The van der Waals surface area contributed by atoms with Crippen molar-refractivity contribution in [2.75, 3.05) is 18.7 Å². The molecule has 0 bridgehead atoms. The van der Waals surface area contributed by atoms with Crippen molar-refractivity contribution in [2.24, 2.45) is 0 Å². The number of hydrogen-bond donors (Lipinski definition) is 0. The first kappa shape index (κ1) is 13.7. The van der Waals surface area contributed by atoms with Crippen LogP contribution < -0.4 is 0 Å². The molecule has 0 saturated carbocycles. The second-order valence-corrected chi connectivity index (χ2v) is 7.52. The fourth-order valence-corrected chi connectivity index (χ4v) is 4.04. The number of sulfonamides is 1. The van der Waals surface area contributed by atoms with Gasteiger partial charge in [0.1, 0.15) is 5.01 Å². The highest BCUT2D eigenvalue weighted by molar-refractivity contribution is 7.89. The van der Waals surface area contributed by atoms with Crippen LogP contribution in [0.3, 0.4) is 0 Å². The van der Waals surface area contributed by atoms with Crippen LogP contribution in [0.4, 0.5) is 0 Å². The summed E-state index contributed by atoms with van der Waals surface area (Å²) >= 11 is 6.99. The van der Waals surface area contributed by atoms with Crippen molar-refractivity contribution in [2.45, 2.75) is 6.54 Å². The minimum atomic E-state index is -3.28. The van der Waals surface area contributed by atoms with Gasteiger partial charge < -0.3 is 0 Å². The van der Waals surface area contributed by atoms with Gasteiger partial charge in [-0.3, -0.25) is 0 Å². The number of hydrogen-bond acceptors (Lipinski definition) is 4. The van der Waals surface area contributed by atoms with E-state index in [1.165, 1.54) is 15.6 Å². The van der Waals surface area contributed by atoms with Crippen LogP contribution in [0, 0.1) is 0 Å². The summed E-state index contributed by atoms with van der Waals surface area (Å²) in [5.74, 6) is 0.0580. The van der Waals surface area contributed by atoms with Gasteiger partial charge in [0, 0.05) is 12.9 Å². The van der Waals surface area contributed by atoms with Crippen LogP contribution in [0.2, 0.25) is 0 Å². The summed E-state index contributed by atoms with van der Waals surface area (Å²) in [4.78, 5) is 4.41. The second-order valence-electron chi connectivity index (χ2n) is 3.84. The van der Waals surface area contributed by atoms with E-state index in [-0.39, 0.29) is 11.6 Å². The van der Waals surface area contributed by atoms with Crippen molar-refractivity contribution < 1.29 is 8.42 Å². The predicted molar refractivity (Wildman–Crippen MR) is 75.6 cm³/mol. The third kappa shape index (κ3) is 3.00. The summed E-state index contributed by atoms with van der Waals surface area (Å²) in [6, 6.07) is 7.75. The third-order valence-electron chi connectivity index (χ3n) is 2.51. The molecule has 2 rings (SSSR count). The lowest BCUT2D eigenvalue weighted by Crippen LogP contribution is -2.29. The molecule has 2 aromatic rings. The number of nitrogens with zero attached hydrogens (tertiary/aromatic N) is 2. The molecule has 1 heterocycles. The Morgan fingerprint density at radius 2 is 2.11 bits per heavy atom. The Hall–Kier alpha value is -0.690. The largest absolute Gasteiger partial charge is 0.240 e. The number of thiazole rings is 1. The Balaban J connectivity index is 2.18. The van der Waals surface area contributed by atoms with E-state index in [4.69, 9.17) is 11.6 Å². The van der Waals surface area contributed by atoms with Gasteiger partial charge in [0.25, 0.3) is 0 Å². The molecule has 0 amide bonds. The molecule has 0 N–H and O–H groups in total. The molecular formula is C11H13ClN2O2S2. The molecule has 0 aliphatic carbocycles. The molecule has 0 unspecified atom stereocenters. The summed E-state index contributed by atoms with van der Waals surface area (Å²) in [5.41, 5.74) is 0.903. The van der Waals surface area contributed by atoms with E-state index < -0.39 is 10.0 Å². The van der Waals surface area contributed by atoms with Crippen molar-refractivity contribution >= 4 is 43.2 Å². The van der Waals surface area contributed by atoms with Gasteiger partial charge in [-0.25, -0.2) is 13.4 Å². The quantitative estimate of drug-likeness (QED) is 0.796. The summed E-state index contributed by atoms with van der Waals surface area (Å²) in [7, 11) is -1.73. The maximum atomic E-state index is 11.8. The fraction of sp³-hybridized carbons (Fsp3) is 0.364. The molecule has 7 heteroatoms. The topological polar surface area (TPSA) is 50.3 Å². The number of halogens is 1. The van der Waals surface area contributed by atoms with Gasteiger partial charge in [-0.05, 0) is 12.1 Å². The van der Waals surface area contributed by atoms with Crippen molar-refractivity contribution in [3.63, 3.8) is 0 Å². The Kier molecular flexibility index (Phi) is 4.21. The van der Waals surface area contributed by atoms with Crippen molar-refractivity contribution in [3.8, 4) is 0 Å². The Bertz CT molecular complexity index is 606. The van der Waals surface area contributed by atoms with E-state index in [1.807, 2.05) is 24.3 Å². The highest BCUT2D eigenvalue weighted by Gasteiger charge is 2.18. The summed E-state index contributed by atoms with van der Waals surface area (Å²) in [6.45, 7) is 0.290. The lowest BCUT2D eigenvalue weighted by Gasteiger charge is -2.14. The molecular weight excluding hydrogens is 292 g/mol. The third-order valence-corrected chi connectivity index (χ3v) is 5.74. The van der Waals surface area contributed by atoms with Crippen LogP contribution in [-0.2, 0) is 16.6 Å². The van der Waals surface area contributed by atoms with E-state index in [0.717, 1.165) is 15.2 Å². The SMILES string of the molecule is CN(Cc1nc2ccccc2s1)S(=O)(=O)CCCl. The van der Waals surface area contributed by atoms with Crippen LogP contribution in [-0.4, -0.2) is 36.4 Å². The highest BCUT2D eigenvalue weighted by Crippen LogP contribution is 2.22. The molecule has 1 aromatic carbocycles. The Labute approximate surface area is 115 Å². The first-order chi connectivity index (χ1) is 8.53. The maximum absolute atomic E-state index is 11.8. The van der Waals surface area contributed by atoms with Gasteiger partial charge in [-0.2, -0.15) is 4.31 Å². The van der Waals surface area contributed by atoms with Crippen molar-refractivity contribution in [1.82, 2.24) is 9.29 Å². The standard InChI is InChI=1S/C11H13ClN2O2S2/c1-14(18(15,16)7-6-12)8-11-13-9-4-2-3-5-10(9)17-11/h2-5H,6-8H2,1H3. The van der Waals surface area contributed by atoms with Crippen LogP contribution in [0.15, 0.2) is 24.3 Å². The normalized spacial score (nSPS) is 12.4. The molecule has 0 fully saturated rings. The minimum Gasteiger partial charge on any atom is -0.240 e. The highest BCUT2D eigenvalue weighted by atomic mass is 35.5. The number of fused-ring (bicyclic) bond motifs is 1. The Morgan fingerprint density at radius 3 is 2.78 bits per heavy atom. The van der Waals surface area contributed by atoms with Crippen LogP contribution in [0.1, 0.15) is 5.01 Å². The van der Waals surface area contributed by atoms with E-state index in [1.54, 1.807) is 7.05 Å². The molecule has 0 spiro atoms. The zero-order valence-electron chi connectivity index (χ0n) is 9.84. The predicted octanol–water partition coefficient (Wildman–Crippen LogP) is 2.30.